The number of carbonyl (C=O) groups is 1. The molecule has 0 rings (SSSR count). The van der Waals surface area contributed by atoms with Gasteiger partial charge in [0.1, 0.15) is 6.04 Å². The van der Waals surface area contributed by atoms with Crippen molar-refractivity contribution in [3.05, 3.63) is 0 Å². The van der Waals surface area contributed by atoms with Gasteiger partial charge in [0.15, 0.2) is 0 Å². The topological polar surface area (TPSA) is 98.0 Å². The number of hydrogen-bond donors (Lipinski definition) is 4. The van der Waals surface area contributed by atoms with Crippen LogP contribution in [0.1, 0.15) is 0 Å². The Hall–Kier alpha value is 0.567. The van der Waals surface area contributed by atoms with E-state index in [-0.39, 0.29) is 29.6 Å². The quantitative estimate of drug-likeness (QED) is 0.332. The molecule has 0 aromatic heterocycles. The Morgan fingerprint density at radius 2 is 1.67 bits per heavy atom. The summed E-state index contributed by atoms with van der Waals surface area (Å²) < 4.78 is 0. The normalized spacial score (nSPS) is 10.1. The predicted octanol–water partition coefficient (Wildman–Crippen LogP) is -2.66. The van der Waals surface area contributed by atoms with Crippen LogP contribution in [0.25, 0.3) is 0 Å². The fraction of sp³-hybridized carbons (Fsp3) is 0.500. The molecular weight excluding hydrogens is 155 g/mol. The van der Waals surface area contributed by atoms with Gasteiger partial charge < -0.3 is 19.5 Å². The summed E-state index contributed by atoms with van der Waals surface area (Å²) in [7, 11) is -4.32. The third-order valence-electron chi connectivity index (χ3n) is 0.388. The first-order chi connectivity index (χ1) is 3.42. The molecule has 0 heterocycles. The van der Waals surface area contributed by atoms with E-state index in [4.69, 9.17) is 19.5 Å². The van der Waals surface area contributed by atoms with Crippen molar-refractivity contribution in [2.75, 3.05) is 0 Å². The van der Waals surface area contributed by atoms with Crippen LogP contribution in [0.4, 0.5) is 0 Å². The van der Waals surface area contributed by atoms with E-state index in [2.05, 4.69) is 0 Å². The maximum atomic E-state index is 9.57. The van der Waals surface area contributed by atoms with Crippen LogP contribution in [0.3, 0.4) is 0 Å². The Kier molecular flexibility index (Phi) is 5.99. The maximum absolute atomic E-state index is 9.57. The second-order valence-electron chi connectivity index (χ2n) is 1.34. The van der Waals surface area contributed by atoms with Crippen molar-refractivity contribution in [2.24, 2.45) is 0 Å². The molecule has 0 saturated heterocycles. The fourth-order valence-corrected chi connectivity index (χ4v) is 0.609. The van der Waals surface area contributed by atoms with Crippen LogP contribution >= 0.6 is 0 Å². The molecule has 0 amide bonds. The van der Waals surface area contributed by atoms with E-state index in [1.165, 1.54) is 0 Å². The van der Waals surface area contributed by atoms with Crippen LogP contribution in [0.15, 0.2) is 0 Å². The molecule has 0 aliphatic rings. The predicted molar refractivity (Wildman–Crippen MR) is 32.0 cm³/mol. The third kappa shape index (κ3) is 11.9. The Morgan fingerprint density at radius 1 is 1.33 bits per heavy atom. The molecule has 0 saturated carbocycles. The zero-order valence-corrected chi connectivity index (χ0v) is 4.90. The van der Waals surface area contributed by atoms with Crippen LogP contribution in [-0.4, -0.2) is 63.8 Å². The molecule has 0 bridgehead atoms. The molecule has 0 atom stereocenters. The van der Waals surface area contributed by atoms with Crippen molar-refractivity contribution < 1.29 is 24.3 Å². The van der Waals surface area contributed by atoms with Crippen LogP contribution in [-0.2, 0) is 4.79 Å². The van der Waals surface area contributed by atoms with E-state index in [1.807, 2.05) is 0 Å². The van der Waals surface area contributed by atoms with Gasteiger partial charge in [-0.3, -0.25) is 4.79 Å². The summed E-state index contributed by atoms with van der Waals surface area (Å²) in [5, 5.41) is 7.80. The molecule has 4 N–H and O–H groups in total. The van der Waals surface area contributed by atoms with E-state index in [1.54, 1.807) is 0 Å². The average Bonchev–Trinajstić information content (AvgIpc) is 1.21. The van der Waals surface area contributed by atoms with Gasteiger partial charge in [0.2, 0.25) is 0 Å². The number of hydrogen-bond acceptors (Lipinski definition) is 4. The minimum atomic E-state index is -4.32. The second-order valence-corrected chi connectivity index (χ2v) is 3.25. The van der Waals surface area contributed by atoms with Gasteiger partial charge in [-0.1, -0.05) is 0 Å². The zero-order chi connectivity index (χ0) is 6.78. The Morgan fingerprint density at radius 3 is 1.67 bits per heavy atom. The molecule has 5 nitrogen and oxygen atoms in total. The van der Waals surface area contributed by atoms with Crippen molar-refractivity contribution in [1.82, 2.24) is 0 Å². The van der Waals surface area contributed by atoms with Crippen molar-refractivity contribution in [3.8, 4) is 0 Å². The van der Waals surface area contributed by atoms with Crippen molar-refractivity contribution in [3.63, 3.8) is 0 Å². The number of aliphatic carboxylic acids is 1. The third-order valence-corrected chi connectivity index (χ3v) is 1.17. The van der Waals surface area contributed by atoms with Crippen LogP contribution in [0, 0.1) is 0 Å². The summed E-state index contributed by atoms with van der Waals surface area (Å²) in [4.78, 5) is 33.7. The first-order valence-electron chi connectivity index (χ1n) is 1.81. The number of rotatable bonds is 2. The Labute approximate surface area is 74.6 Å². The molecule has 0 aliphatic heterocycles. The second kappa shape index (κ2) is 4.39. The van der Waals surface area contributed by atoms with Gasteiger partial charge in [-0.15, -0.1) is 0 Å². The summed E-state index contributed by atoms with van der Waals surface area (Å²) in [5.41, 5.74) is 0. The molecular formula is C2H7NaO5Si. The summed E-state index contributed by atoms with van der Waals surface area (Å²) in [6.07, 6.45) is 0. The van der Waals surface area contributed by atoms with Crippen molar-refractivity contribution in [2.45, 2.75) is 6.04 Å². The molecule has 0 aromatic rings. The molecule has 7 heteroatoms. The van der Waals surface area contributed by atoms with Gasteiger partial charge in [-0.05, 0) is 0 Å². The first-order valence-corrected chi connectivity index (χ1v) is 3.85. The van der Waals surface area contributed by atoms with E-state index in [9.17, 15) is 4.79 Å². The SMILES string of the molecule is O=C(O)C[Si](O)(O)O.[NaH]. The summed E-state index contributed by atoms with van der Waals surface area (Å²) in [6.45, 7) is 0. The van der Waals surface area contributed by atoms with E-state index in [0.717, 1.165) is 0 Å². The average molecular weight is 162 g/mol. The first kappa shape index (κ1) is 12.3. The van der Waals surface area contributed by atoms with Gasteiger partial charge in [0.05, 0.1) is 0 Å². The molecule has 0 radical (unpaired) electrons. The fourth-order valence-electron chi connectivity index (χ4n) is 0.203. The van der Waals surface area contributed by atoms with Crippen LogP contribution < -0.4 is 0 Å². The zero-order valence-electron chi connectivity index (χ0n) is 3.90. The van der Waals surface area contributed by atoms with E-state index in [0.29, 0.717) is 0 Å². The minimum absolute atomic E-state index is 0. The van der Waals surface area contributed by atoms with Gasteiger partial charge in [0, 0.05) is 0 Å². The number of carboxylic acids is 1. The Balaban J connectivity index is 0. The molecule has 50 valence electrons. The summed E-state index contributed by atoms with van der Waals surface area (Å²) in [6, 6.07) is -0.951. The monoisotopic (exact) mass is 162 g/mol. The van der Waals surface area contributed by atoms with E-state index < -0.39 is 20.8 Å². The van der Waals surface area contributed by atoms with E-state index >= 15 is 0 Å². The molecule has 0 fully saturated rings. The van der Waals surface area contributed by atoms with Gasteiger partial charge in [-0.2, -0.15) is 0 Å². The van der Waals surface area contributed by atoms with Gasteiger partial charge >= 0.3 is 44.3 Å². The van der Waals surface area contributed by atoms with Gasteiger partial charge in [-0.25, -0.2) is 0 Å². The Bertz CT molecular complexity index is 97.6. The molecule has 0 spiro atoms. The van der Waals surface area contributed by atoms with Crippen molar-refractivity contribution >= 4 is 44.3 Å². The standard InChI is InChI=1S/C2H6O5Si.Na.H/c3-2(4)1-8(5,6)7;;/h5-7H,1H2,(H,3,4);;. The van der Waals surface area contributed by atoms with Gasteiger partial charge in [0.25, 0.3) is 0 Å². The molecule has 0 unspecified atom stereocenters. The van der Waals surface area contributed by atoms with Crippen LogP contribution in [0.2, 0.25) is 6.04 Å². The molecule has 9 heavy (non-hydrogen) atoms. The summed E-state index contributed by atoms with van der Waals surface area (Å²) >= 11 is 0. The molecule has 0 aliphatic carbocycles. The summed E-state index contributed by atoms with van der Waals surface area (Å²) in [5.74, 6) is -1.41. The van der Waals surface area contributed by atoms with Crippen LogP contribution in [0.5, 0.6) is 0 Å². The molecule has 0 aromatic carbocycles. The van der Waals surface area contributed by atoms with Crippen molar-refractivity contribution in [1.29, 1.82) is 0 Å². The number of carboxylic acid groups (broad SMARTS) is 1.